The Kier molecular flexibility index (Phi) is 4.61. The second kappa shape index (κ2) is 6.70. The molecule has 0 saturated carbocycles. The Bertz CT molecular complexity index is 991. The quantitative estimate of drug-likeness (QED) is 0.734. The molecule has 1 heterocycles. The van der Waals surface area contributed by atoms with E-state index in [-0.39, 0.29) is 22.4 Å². The molecule has 1 atom stereocenters. The van der Waals surface area contributed by atoms with E-state index in [1.165, 1.54) is 25.2 Å². The first-order valence-corrected chi connectivity index (χ1v) is 9.22. The lowest BCUT2D eigenvalue weighted by atomic mass is 10.1. The van der Waals surface area contributed by atoms with Crippen molar-refractivity contribution < 1.29 is 17.6 Å². The second-order valence-electron chi connectivity index (χ2n) is 5.62. The van der Waals surface area contributed by atoms with Crippen molar-refractivity contribution in [2.45, 2.75) is 17.9 Å². The van der Waals surface area contributed by atoms with Crippen LogP contribution in [0.15, 0.2) is 63.9 Å². The number of benzene rings is 2. The van der Waals surface area contributed by atoms with Gasteiger partial charge in [-0.3, -0.25) is 4.79 Å². The summed E-state index contributed by atoms with van der Waals surface area (Å²) in [5.74, 6) is 0.259. The summed E-state index contributed by atoms with van der Waals surface area (Å²) in [5, 5.41) is 3.78. The van der Waals surface area contributed by atoms with Crippen LogP contribution >= 0.6 is 0 Å². The summed E-state index contributed by atoms with van der Waals surface area (Å²) in [6.07, 6.45) is 0. The number of sulfonamides is 1. The molecule has 1 aromatic heterocycles. The Morgan fingerprint density at radius 3 is 2.56 bits per heavy atom. The predicted octanol–water partition coefficient (Wildman–Crippen LogP) is 2.83. The highest BCUT2D eigenvalue weighted by molar-refractivity contribution is 7.89. The Hall–Kier alpha value is -2.64. The normalized spacial score (nSPS) is 12.9. The number of carbonyl (C=O) groups is 1. The van der Waals surface area contributed by atoms with Crippen molar-refractivity contribution in [1.29, 1.82) is 0 Å². The molecule has 0 radical (unpaired) electrons. The van der Waals surface area contributed by atoms with Gasteiger partial charge in [0.25, 0.3) is 5.91 Å². The van der Waals surface area contributed by atoms with E-state index in [0.29, 0.717) is 5.76 Å². The molecule has 0 aliphatic carbocycles. The number of para-hydroxylation sites is 1. The minimum absolute atomic E-state index is 0.0408. The molecule has 3 aromatic rings. The molecule has 1 amide bonds. The summed E-state index contributed by atoms with van der Waals surface area (Å²) in [4.78, 5) is 12.5. The number of hydrogen-bond acceptors (Lipinski definition) is 4. The van der Waals surface area contributed by atoms with Crippen LogP contribution in [0.4, 0.5) is 0 Å². The minimum atomic E-state index is -3.60. The zero-order chi connectivity index (χ0) is 18.0. The molecule has 2 aromatic carbocycles. The van der Waals surface area contributed by atoms with E-state index in [1.54, 1.807) is 6.07 Å². The Balaban J connectivity index is 1.81. The largest absolute Gasteiger partial charge is 0.459 e. The molecule has 6 nitrogen and oxygen atoms in total. The van der Waals surface area contributed by atoms with Crippen molar-refractivity contribution >= 4 is 26.9 Å². The molecule has 0 spiro atoms. The van der Waals surface area contributed by atoms with Crippen LogP contribution in [0, 0.1) is 0 Å². The van der Waals surface area contributed by atoms with Crippen molar-refractivity contribution in [3.05, 3.63) is 65.9 Å². The third-order valence-corrected chi connectivity index (χ3v) is 5.31. The molecule has 7 heteroatoms. The van der Waals surface area contributed by atoms with Crippen LogP contribution in [0.25, 0.3) is 11.0 Å². The predicted molar refractivity (Wildman–Crippen MR) is 94.8 cm³/mol. The molecule has 0 bridgehead atoms. The molecule has 2 N–H and O–H groups in total. The molecule has 0 fully saturated rings. The zero-order valence-corrected chi connectivity index (χ0v) is 14.6. The van der Waals surface area contributed by atoms with Crippen molar-refractivity contribution in [2.75, 3.05) is 7.05 Å². The van der Waals surface area contributed by atoms with Gasteiger partial charge < -0.3 is 9.73 Å². The Labute approximate surface area is 145 Å². The van der Waals surface area contributed by atoms with Crippen LogP contribution in [-0.2, 0) is 10.0 Å². The fourth-order valence-corrected chi connectivity index (χ4v) is 3.26. The van der Waals surface area contributed by atoms with Gasteiger partial charge in [-0.1, -0.05) is 24.3 Å². The summed E-state index contributed by atoms with van der Waals surface area (Å²) in [5.41, 5.74) is 1.01. The van der Waals surface area contributed by atoms with Gasteiger partial charge in [0.2, 0.25) is 10.0 Å². The van der Waals surface area contributed by atoms with Crippen molar-refractivity contribution in [3.8, 4) is 0 Å². The van der Waals surface area contributed by atoms with E-state index >= 15 is 0 Å². The molecule has 130 valence electrons. The van der Waals surface area contributed by atoms with Gasteiger partial charge >= 0.3 is 0 Å². The summed E-state index contributed by atoms with van der Waals surface area (Å²) in [6.45, 7) is 1.81. The lowest BCUT2D eigenvalue weighted by molar-refractivity contribution is 0.0935. The summed E-state index contributed by atoms with van der Waals surface area (Å²) in [6, 6.07) is 15.0. The first-order chi connectivity index (χ1) is 11.9. The Morgan fingerprint density at radius 2 is 1.84 bits per heavy atom. The van der Waals surface area contributed by atoms with Gasteiger partial charge in [0.15, 0.2) is 0 Å². The maximum Gasteiger partial charge on any atom is 0.251 e. The number of hydrogen-bond donors (Lipinski definition) is 2. The molecule has 3 rings (SSSR count). The average Bonchev–Trinajstić information content (AvgIpc) is 3.06. The molecule has 0 aliphatic heterocycles. The molecule has 25 heavy (non-hydrogen) atoms. The van der Waals surface area contributed by atoms with Crippen molar-refractivity contribution in [1.82, 2.24) is 10.0 Å². The number of rotatable bonds is 5. The number of fused-ring (bicyclic) bond motifs is 1. The molecular weight excluding hydrogens is 340 g/mol. The fourth-order valence-electron chi connectivity index (χ4n) is 2.49. The van der Waals surface area contributed by atoms with E-state index in [0.717, 1.165) is 11.0 Å². The van der Waals surface area contributed by atoms with Crippen LogP contribution < -0.4 is 10.0 Å². The smallest absolute Gasteiger partial charge is 0.251 e. The van der Waals surface area contributed by atoms with Crippen LogP contribution in [0.5, 0.6) is 0 Å². The van der Waals surface area contributed by atoms with Crippen molar-refractivity contribution in [3.63, 3.8) is 0 Å². The maximum atomic E-state index is 12.4. The van der Waals surface area contributed by atoms with Crippen LogP contribution in [0.3, 0.4) is 0 Å². The second-order valence-corrected chi connectivity index (χ2v) is 7.50. The number of nitrogens with one attached hydrogen (secondary N) is 2. The third kappa shape index (κ3) is 3.57. The van der Waals surface area contributed by atoms with Gasteiger partial charge in [0.05, 0.1) is 10.9 Å². The molecule has 0 saturated heterocycles. The van der Waals surface area contributed by atoms with Gasteiger partial charge in [0, 0.05) is 10.9 Å². The van der Waals surface area contributed by atoms with Gasteiger partial charge in [0.1, 0.15) is 11.3 Å². The zero-order valence-electron chi connectivity index (χ0n) is 13.8. The summed E-state index contributed by atoms with van der Waals surface area (Å²) in [7, 11) is -2.28. The number of amides is 1. The lowest BCUT2D eigenvalue weighted by Crippen LogP contribution is -2.27. The van der Waals surface area contributed by atoms with Crippen molar-refractivity contribution in [2.24, 2.45) is 0 Å². The molecule has 0 aliphatic rings. The highest BCUT2D eigenvalue weighted by Crippen LogP contribution is 2.24. The Morgan fingerprint density at radius 1 is 1.08 bits per heavy atom. The summed E-state index contributed by atoms with van der Waals surface area (Å²) >= 11 is 0. The first-order valence-electron chi connectivity index (χ1n) is 7.73. The molecule has 0 unspecified atom stereocenters. The standard InChI is InChI=1S/C18H18N2O4S/c1-12(17-11-13-6-3-4-9-16(13)24-17)20-18(21)14-7-5-8-15(10-14)25(22,23)19-2/h3-12,19H,1-2H3,(H,20,21)/t12-/m0/s1. The van der Waals surface area contributed by atoms with Gasteiger partial charge in [-0.25, -0.2) is 13.1 Å². The SMILES string of the molecule is CNS(=O)(=O)c1cccc(C(=O)N[C@@H](C)c2cc3ccccc3o2)c1. The van der Waals surface area contributed by atoms with E-state index in [2.05, 4.69) is 10.0 Å². The third-order valence-electron chi connectivity index (χ3n) is 3.89. The van der Waals surface area contributed by atoms with Gasteiger partial charge in [-0.2, -0.15) is 0 Å². The van der Waals surface area contributed by atoms with Crippen LogP contribution in [-0.4, -0.2) is 21.4 Å². The van der Waals surface area contributed by atoms with Gasteiger partial charge in [-0.15, -0.1) is 0 Å². The first kappa shape index (κ1) is 17.2. The highest BCUT2D eigenvalue weighted by Gasteiger charge is 2.18. The minimum Gasteiger partial charge on any atom is -0.459 e. The number of carbonyl (C=O) groups excluding carboxylic acids is 1. The highest BCUT2D eigenvalue weighted by atomic mass is 32.2. The lowest BCUT2D eigenvalue weighted by Gasteiger charge is -2.12. The topological polar surface area (TPSA) is 88.4 Å². The average molecular weight is 358 g/mol. The van der Waals surface area contributed by atoms with Crippen LogP contribution in [0.1, 0.15) is 29.1 Å². The number of furan rings is 1. The van der Waals surface area contributed by atoms with Crippen LogP contribution in [0.2, 0.25) is 0 Å². The van der Waals surface area contributed by atoms with E-state index < -0.39 is 10.0 Å². The fraction of sp³-hybridized carbons (Fsp3) is 0.167. The van der Waals surface area contributed by atoms with E-state index in [1.807, 2.05) is 37.3 Å². The maximum absolute atomic E-state index is 12.4. The monoisotopic (exact) mass is 358 g/mol. The van der Waals surface area contributed by atoms with E-state index in [4.69, 9.17) is 4.42 Å². The van der Waals surface area contributed by atoms with E-state index in [9.17, 15) is 13.2 Å². The van der Waals surface area contributed by atoms with Gasteiger partial charge in [-0.05, 0) is 44.3 Å². The molecular formula is C18H18N2O4S. The summed E-state index contributed by atoms with van der Waals surface area (Å²) < 4.78 is 31.7.